The molecule has 0 heterocycles. The molecule has 0 saturated carbocycles. The third kappa shape index (κ3) is 60.7. The molecule has 1 unspecified atom stereocenters. The number of carbonyl (C=O) groups excluding carboxylic acids is 3. The van der Waals surface area contributed by atoms with Crippen LogP contribution in [0.5, 0.6) is 0 Å². The van der Waals surface area contributed by atoms with Gasteiger partial charge in [0.15, 0.2) is 6.10 Å². The number of hydrogen-bond donors (Lipinski definition) is 0. The topological polar surface area (TPSA) is 78.9 Å². The second-order valence-corrected chi connectivity index (χ2v) is 20.5. The highest BCUT2D eigenvalue weighted by molar-refractivity contribution is 5.71. The van der Waals surface area contributed by atoms with Crippen molar-refractivity contribution in [2.75, 3.05) is 13.2 Å². The zero-order chi connectivity index (χ0) is 55.0. The number of rotatable bonds is 56. The Hall–Kier alpha value is -4.19. The summed E-state index contributed by atoms with van der Waals surface area (Å²) in [6, 6.07) is 0. The molecule has 0 aromatic rings. The average molecular weight is 1050 g/mol. The summed E-state index contributed by atoms with van der Waals surface area (Å²) < 4.78 is 16.9. The summed E-state index contributed by atoms with van der Waals surface area (Å²) in [6.45, 7) is 6.38. The van der Waals surface area contributed by atoms with E-state index in [-0.39, 0.29) is 31.1 Å². The highest BCUT2D eigenvalue weighted by Gasteiger charge is 2.19. The summed E-state index contributed by atoms with van der Waals surface area (Å²) >= 11 is 0. The van der Waals surface area contributed by atoms with Gasteiger partial charge in [-0.15, -0.1) is 0 Å². The van der Waals surface area contributed by atoms with Crippen LogP contribution in [0.1, 0.15) is 284 Å². The Labute approximate surface area is 469 Å². The van der Waals surface area contributed by atoms with Gasteiger partial charge in [-0.05, 0) is 128 Å². The van der Waals surface area contributed by atoms with Crippen LogP contribution >= 0.6 is 0 Å². The van der Waals surface area contributed by atoms with Gasteiger partial charge in [-0.3, -0.25) is 14.4 Å². The maximum Gasteiger partial charge on any atom is 0.306 e. The van der Waals surface area contributed by atoms with E-state index in [0.717, 1.165) is 148 Å². The predicted molar refractivity (Wildman–Crippen MR) is 330 cm³/mol. The van der Waals surface area contributed by atoms with Crippen molar-refractivity contribution in [2.45, 2.75) is 290 Å². The molecular weight excluding hydrogens is 937 g/mol. The van der Waals surface area contributed by atoms with Crippen LogP contribution in [0.15, 0.2) is 122 Å². The fraction of sp³-hybridized carbons (Fsp3) is 0.671. The van der Waals surface area contributed by atoms with E-state index in [4.69, 9.17) is 14.2 Å². The minimum Gasteiger partial charge on any atom is -0.462 e. The first kappa shape index (κ1) is 71.8. The first-order valence-electron chi connectivity index (χ1n) is 31.5. The molecule has 0 aromatic heterocycles. The molecule has 0 saturated heterocycles. The lowest BCUT2D eigenvalue weighted by molar-refractivity contribution is -0.167. The molecule has 76 heavy (non-hydrogen) atoms. The maximum atomic E-state index is 12.9. The third-order valence-electron chi connectivity index (χ3n) is 13.2. The molecule has 6 heteroatoms. The molecule has 1 atom stereocenters. The molecule has 0 aliphatic heterocycles. The van der Waals surface area contributed by atoms with Crippen LogP contribution in [0.2, 0.25) is 0 Å². The van der Waals surface area contributed by atoms with Gasteiger partial charge in [0.2, 0.25) is 0 Å². The zero-order valence-electron chi connectivity index (χ0n) is 49.5. The highest BCUT2D eigenvalue weighted by Crippen LogP contribution is 2.15. The lowest BCUT2D eigenvalue weighted by Crippen LogP contribution is -2.30. The van der Waals surface area contributed by atoms with Gasteiger partial charge in [-0.2, -0.15) is 0 Å². The van der Waals surface area contributed by atoms with Crippen LogP contribution in [0, 0.1) is 0 Å². The van der Waals surface area contributed by atoms with Crippen molar-refractivity contribution in [3.05, 3.63) is 122 Å². The van der Waals surface area contributed by atoms with Gasteiger partial charge in [0, 0.05) is 19.3 Å². The number of unbranched alkanes of at least 4 members (excludes halogenated alkanes) is 25. The summed E-state index contributed by atoms with van der Waals surface area (Å²) in [6.07, 6.45) is 87.6. The Kier molecular flexibility index (Phi) is 59.9. The molecule has 0 aliphatic rings. The van der Waals surface area contributed by atoms with Gasteiger partial charge in [-0.25, -0.2) is 0 Å². The van der Waals surface area contributed by atoms with Crippen LogP contribution in [0.25, 0.3) is 0 Å². The van der Waals surface area contributed by atoms with E-state index in [1.807, 2.05) is 0 Å². The molecule has 0 N–H and O–H groups in total. The predicted octanol–water partition coefficient (Wildman–Crippen LogP) is 21.6. The number of esters is 3. The highest BCUT2D eigenvalue weighted by atomic mass is 16.6. The van der Waals surface area contributed by atoms with E-state index in [0.29, 0.717) is 19.3 Å². The molecule has 0 rings (SSSR count). The van der Waals surface area contributed by atoms with Crippen LogP contribution in [0.3, 0.4) is 0 Å². The van der Waals surface area contributed by atoms with Gasteiger partial charge < -0.3 is 14.2 Å². The van der Waals surface area contributed by atoms with E-state index in [9.17, 15) is 14.4 Å². The summed E-state index contributed by atoms with van der Waals surface area (Å²) in [5.74, 6) is -0.919. The second kappa shape index (κ2) is 63.3. The SMILES string of the molecule is CC/C=C\C/C=C\C/C=C\C/C=C\C/C=C\CCCCCCCCCCCC(=O)OCC(COC(=O)CCCCCCC/C=C\C/C=C\C/C=C\CC)OC(=O)CCCCCCCCC/C=C\C/C=C\CCCCCC. The average Bonchev–Trinajstić information content (AvgIpc) is 3.42. The first-order chi connectivity index (χ1) is 37.5. The Bertz CT molecular complexity index is 1590. The van der Waals surface area contributed by atoms with Crippen LogP contribution in [-0.4, -0.2) is 37.2 Å². The molecule has 0 aliphatic carbocycles. The molecule has 0 radical (unpaired) electrons. The minimum atomic E-state index is -0.797. The molecule has 432 valence electrons. The summed E-state index contributed by atoms with van der Waals surface area (Å²) in [5.41, 5.74) is 0. The van der Waals surface area contributed by atoms with Crippen molar-refractivity contribution in [3.63, 3.8) is 0 Å². The number of hydrogen-bond acceptors (Lipinski definition) is 6. The van der Waals surface area contributed by atoms with Crippen LogP contribution < -0.4 is 0 Å². The molecule has 0 amide bonds. The number of ether oxygens (including phenoxy) is 3. The van der Waals surface area contributed by atoms with Gasteiger partial charge in [0.1, 0.15) is 13.2 Å². The van der Waals surface area contributed by atoms with Crippen molar-refractivity contribution in [3.8, 4) is 0 Å². The van der Waals surface area contributed by atoms with E-state index < -0.39 is 6.10 Å². The van der Waals surface area contributed by atoms with Crippen molar-refractivity contribution in [2.24, 2.45) is 0 Å². The lowest BCUT2D eigenvalue weighted by atomic mass is 10.1. The summed E-state index contributed by atoms with van der Waals surface area (Å²) in [5, 5.41) is 0. The maximum absolute atomic E-state index is 12.9. The van der Waals surface area contributed by atoms with Crippen LogP contribution in [0.4, 0.5) is 0 Å². The number of carbonyl (C=O) groups is 3. The first-order valence-corrected chi connectivity index (χ1v) is 31.5. The zero-order valence-corrected chi connectivity index (χ0v) is 49.5. The standard InChI is InChI=1S/C70H116O6/c1-4-7-10-13-16-19-22-25-28-30-32-33-34-35-36-37-38-40-42-45-48-51-54-57-60-63-69(72)75-66-67(65-74-68(71)62-59-56-53-50-47-44-41-27-24-21-18-15-12-9-6-3)76-70(73)64-61-58-55-52-49-46-43-39-31-29-26-23-20-17-14-11-8-5-2/h7,9-10,12,16,18-21,23,25,27-29,31-33,35-36,41,67H,4-6,8,11,13-15,17,22,24,26,30,34,37-40,42-66H2,1-3H3/b10-7-,12-9-,19-16-,21-18-,23-20-,28-25-,31-29-,33-32-,36-35-,41-27-. The Morgan fingerprint density at radius 1 is 0.276 bits per heavy atom. The van der Waals surface area contributed by atoms with Crippen molar-refractivity contribution in [1.82, 2.24) is 0 Å². The fourth-order valence-corrected chi connectivity index (χ4v) is 8.51. The lowest BCUT2D eigenvalue weighted by Gasteiger charge is -2.18. The van der Waals surface area contributed by atoms with Crippen molar-refractivity contribution < 1.29 is 28.6 Å². The smallest absolute Gasteiger partial charge is 0.306 e. The normalized spacial score (nSPS) is 12.9. The Morgan fingerprint density at radius 3 is 0.803 bits per heavy atom. The van der Waals surface area contributed by atoms with E-state index in [2.05, 4.69) is 142 Å². The molecule has 0 spiro atoms. The monoisotopic (exact) mass is 1050 g/mol. The fourth-order valence-electron chi connectivity index (χ4n) is 8.51. The van der Waals surface area contributed by atoms with Gasteiger partial charge in [-0.1, -0.05) is 258 Å². The van der Waals surface area contributed by atoms with Crippen molar-refractivity contribution in [1.29, 1.82) is 0 Å². The minimum absolute atomic E-state index is 0.0923. The molecule has 6 nitrogen and oxygen atoms in total. The van der Waals surface area contributed by atoms with Crippen LogP contribution in [-0.2, 0) is 28.6 Å². The largest absolute Gasteiger partial charge is 0.462 e. The second-order valence-electron chi connectivity index (χ2n) is 20.5. The molecule has 0 fully saturated rings. The Morgan fingerprint density at radius 2 is 0.513 bits per heavy atom. The van der Waals surface area contributed by atoms with Gasteiger partial charge in [0.05, 0.1) is 0 Å². The van der Waals surface area contributed by atoms with E-state index in [1.54, 1.807) is 0 Å². The Balaban J connectivity index is 4.40. The molecular formula is C70H116O6. The van der Waals surface area contributed by atoms with Gasteiger partial charge in [0.25, 0.3) is 0 Å². The summed E-state index contributed by atoms with van der Waals surface area (Å²) in [4.78, 5) is 38.3. The summed E-state index contributed by atoms with van der Waals surface area (Å²) in [7, 11) is 0. The van der Waals surface area contributed by atoms with Crippen molar-refractivity contribution >= 4 is 17.9 Å². The van der Waals surface area contributed by atoms with E-state index in [1.165, 1.54) is 96.3 Å². The quantitative estimate of drug-likeness (QED) is 0.0261. The molecule has 0 bridgehead atoms. The van der Waals surface area contributed by atoms with Gasteiger partial charge >= 0.3 is 17.9 Å². The van der Waals surface area contributed by atoms with E-state index >= 15 is 0 Å². The molecule has 0 aromatic carbocycles. The number of allylic oxidation sites excluding steroid dienone is 20. The third-order valence-corrected chi connectivity index (χ3v) is 13.2.